The maximum atomic E-state index is 4.34. The van der Waals surface area contributed by atoms with Gasteiger partial charge in [-0.15, -0.1) is 11.3 Å². The number of hydrogen-bond donors (Lipinski definition) is 2. The summed E-state index contributed by atoms with van der Waals surface area (Å²) in [6.07, 6.45) is 3.74. The van der Waals surface area contributed by atoms with Gasteiger partial charge >= 0.3 is 0 Å². The molecule has 4 nitrogen and oxygen atoms in total. The molecule has 0 aromatic carbocycles. The number of hydrogen-bond acceptors (Lipinski definition) is 3. The highest BCUT2D eigenvalue weighted by molar-refractivity contribution is 7.09. The molecule has 1 fully saturated rings. The lowest BCUT2D eigenvalue weighted by molar-refractivity contribution is 0.192. The summed E-state index contributed by atoms with van der Waals surface area (Å²) < 4.78 is 0. The zero-order valence-electron chi connectivity index (χ0n) is 14.1. The molecule has 1 unspecified atom stereocenters. The Kier molecular flexibility index (Phi) is 7.19. The second-order valence-electron chi connectivity index (χ2n) is 6.26. The fourth-order valence-electron chi connectivity index (χ4n) is 3.04. The second kappa shape index (κ2) is 9.16. The summed E-state index contributed by atoms with van der Waals surface area (Å²) in [7, 11) is 1.85. The van der Waals surface area contributed by atoms with Gasteiger partial charge in [0.25, 0.3) is 0 Å². The molecule has 1 aliphatic rings. The van der Waals surface area contributed by atoms with Crippen LogP contribution in [-0.2, 0) is 6.42 Å². The third-order valence-corrected chi connectivity index (χ3v) is 5.26. The molecule has 0 saturated carbocycles. The van der Waals surface area contributed by atoms with Crippen LogP contribution in [0.15, 0.2) is 22.5 Å². The number of likely N-dealkylation sites (tertiary alicyclic amines) is 1. The predicted octanol–water partition coefficient (Wildman–Crippen LogP) is 2.58. The minimum atomic E-state index is 0.596. The van der Waals surface area contributed by atoms with Gasteiger partial charge in [0.15, 0.2) is 5.96 Å². The number of rotatable bonds is 7. The van der Waals surface area contributed by atoms with Crippen molar-refractivity contribution in [3.05, 3.63) is 22.4 Å². The Hall–Kier alpha value is -1.07. The van der Waals surface area contributed by atoms with E-state index in [4.69, 9.17) is 0 Å². The molecule has 2 rings (SSSR count). The SMILES string of the molecule is CN=C(NCCc1cccs1)NCC(C(C)C)N1CCCC1. The van der Waals surface area contributed by atoms with Gasteiger partial charge in [-0.3, -0.25) is 9.89 Å². The molecule has 1 aromatic heterocycles. The Balaban J connectivity index is 1.74. The van der Waals surface area contributed by atoms with Crippen molar-refractivity contribution in [2.24, 2.45) is 10.9 Å². The number of nitrogens with zero attached hydrogens (tertiary/aromatic N) is 2. The van der Waals surface area contributed by atoms with Crippen molar-refractivity contribution in [2.45, 2.75) is 39.2 Å². The highest BCUT2D eigenvalue weighted by Gasteiger charge is 2.24. The lowest BCUT2D eigenvalue weighted by atomic mass is 10.0. The van der Waals surface area contributed by atoms with E-state index in [2.05, 4.69) is 51.9 Å². The van der Waals surface area contributed by atoms with Crippen molar-refractivity contribution in [2.75, 3.05) is 33.2 Å². The van der Waals surface area contributed by atoms with Gasteiger partial charge in [-0.25, -0.2) is 0 Å². The number of thiophene rings is 1. The van der Waals surface area contributed by atoms with E-state index in [0.29, 0.717) is 12.0 Å². The molecular weight excluding hydrogens is 292 g/mol. The van der Waals surface area contributed by atoms with Crippen LogP contribution in [0, 0.1) is 5.92 Å². The van der Waals surface area contributed by atoms with Crippen LogP contribution in [0.4, 0.5) is 0 Å². The molecule has 0 amide bonds. The topological polar surface area (TPSA) is 39.7 Å². The van der Waals surface area contributed by atoms with E-state index < -0.39 is 0 Å². The second-order valence-corrected chi connectivity index (χ2v) is 7.30. The number of guanidine groups is 1. The Morgan fingerprint density at radius 3 is 2.68 bits per heavy atom. The van der Waals surface area contributed by atoms with E-state index in [1.807, 2.05) is 18.4 Å². The van der Waals surface area contributed by atoms with E-state index in [1.54, 1.807) is 0 Å². The molecule has 0 radical (unpaired) electrons. The summed E-state index contributed by atoms with van der Waals surface area (Å²) in [6, 6.07) is 4.89. The van der Waals surface area contributed by atoms with Gasteiger partial charge in [0.1, 0.15) is 0 Å². The molecule has 1 saturated heterocycles. The Morgan fingerprint density at radius 1 is 1.32 bits per heavy atom. The van der Waals surface area contributed by atoms with Gasteiger partial charge in [-0.05, 0) is 49.7 Å². The zero-order valence-corrected chi connectivity index (χ0v) is 15.0. The summed E-state index contributed by atoms with van der Waals surface area (Å²) in [6.45, 7) is 9.02. The highest BCUT2D eigenvalue weighted by Crippen LogP contribution is 2.17. The van der Waals surface area contributed by atoms with Crippen molar-refractivity contribution >= 4 is 17.3 Å². The van der Waals surface area contributed by atoms with Crippen LogP contribution < -0.4 is 10.6 Å². The van der Waals surface area contributed by atoms with Crippen LogP contribution in [0.5, 0.6) is 0 Å². The maximum absolute atomic E-state index is 4.34. The fraction of sp³-hybridized carbons (Fsp3) is 0.706. The van der Waals surface area contributed by atoms with E-state index in [0.717, 1.165) is 25.5 Å². The van der Waals surface area contributed by atoms with Crippen molar-refractivity contribution in [1.82, 2.24) is 15.5 Å². The third kappa shape index (κ3) is 5.29. The average Bonchev–Trinajstić information content (AvgIpc) is 3.18. The van der Waals surface area contributed by atoms with Gasteiger partial charge in [0.2, 0.25) is 0 Å². The molecule has 2 N–H and O–H groups in total. The first-order chi connectivity index (χ1) is 10.7. The first-order valence-corrected chi connectivity index (χ1v) is 9.29. The molecule has 0 bridgehead atoms. The molecular formula is C17H30N4S. The van der Waals surface area contributed by atoms with Crippen LogP contribution >= 0.6 is 11.3 Å². The van der Waals surface area contributed by atoms with Crippen LogP contribution in [-0.4, -0.2) is 50.1 Å². The molecule has 0 aliphatic carbocycles. The van der Waals surface area contributed by atoms with E-state index in [1.165, 1.54) is 30.8 Å². The zero-order chi connectivity index (χ0) is 15.8. The van der Waals surface area contributed by atoms with Crippen molar-refractivity contribution < 1.29 is 0 Å². The standard InChI is InChI=1S/C17H30N4S/c1-14(2)16(21-10-4-5-11-21)13-20-17(18-3)19-9-8-15-7-6-12-22-15/h6-7,12,14,16H,4-5,8-11,13H2,1-3H3,(H2,18,19,20). The molecule has 2 heterocycles. The summed E-state index contributed by atoms with van der Waals surface area (Å²) in [5.74, 6) is 1.58. The van der Waals surface area contributed by atoms with Crippen LogP contribution in [0.1, 0.15) is 31.6 Å². The lowest BCUT2D eigenvalue weighted by Crippen LogP contribution is -2.48. The van der Waals surface area contributed by atoms with Gasteiger partial charge < -0.3 is 10.6 Å². The number of nitrogens with one attached hydrogen (secondary N) is 2. The van der Waals surface area contributed by atoms with Crippen LogP contribution in [0.25, 0.3) is 0 Å². The van der Waals surface area contributed by atoms with Crippen molar-refractivity contribution in [3.63, 3.8) is 0 Å². The Morgan fingerprint density at radius 2 is 2.09 bits per heavy atom. The average molecular weight is 323 g/mol. The quantitative estimate of drug-likeness (QED) is 0.599. The summed E-state index contributed by atoms with van der Waals surface area (Å²) in [4.78, 5) is 8.38. The normalized spacial score (nSPS) is 17.9. The first-order valence-electron chi connectivity index (χ1n) is 8.41. The summed E-state index contributed by atoms with van der Waals surface area (Å²) in [5, 5.41) is 9.06. The molecule has 22 heavy (non-hydrogen) atoms. The third-order valence-electron chi connectivity index (χ3n) is 4.33. The van der Waals surface area contributed by atoms with E-state index in [-0.39, 0.29) is 0 Å². The first kappa shape index (κ1) is 17.3. The molecule has 0 spiro atoms. The number of aliphatic imine (C=N–C) groups is 1. The molecule has 1 atom stereocenters. The maximum Gasteiger partial charge on any atom is 0.191 e. The van der Waals surface area contributed by atoms with E-state index >= 15 is 0 Å². The fourth-order valence-corrected chi connectivity index (χ4v) is 3.75. The molecule has 1 aliphatic heterocycles. The van der Waals surface area contributed by atoms with Gasteiger partial charge in [0, 0.05) is 31.1 Å². The van der Waals surface area contributed by atoms with Gasteiger partial charge in [-0.2, -0.15) is 0 Å². The highest BCUT2D eigenvalue weighted by atomic mass is 32.1. The van der Waals surface area contributed by atoms with Gasteiger partial charge in [0.05, 0.1) is 0 Å². The summed E-state index contributed by atoms with van der Waals surface area (Å²) >= 11 is 1.81. The monoisotopic (exact) mass is 322 g/mol. The van der Waals surface area contributed by atoms with Crippen LogP contribution in [0.2, 0.25) is 0 Å². The molecule has 1 aromatic rings. The Bertz CT molecular complexity index is 436. The van der Waals surface area contributed by atoms with Crippen molar-refractivity contribution in [1.29, 1.82) is 0 Å². The van der Waals surface area contributed by atoms with Crippen LogP contribution in [0.3, 0.4) is 0 Å². The van der Waals surface area contributed by atoms with E-state index in [9.17, 15) is 0 Å². The lowest BCUT2D eigenvalue weighted by Gasteiger charge is -2.31. The minimum Gasteiger partial charge on any atom is -0.356 e. The predicted molar refractivity (Wildman–Crippen MR) is 96.8 cm³/mol. The summed E-state index contributed by atoms with van der Waals surface area (Å²) in [5.41, 5.74) is 0. The molecule has 124 valence electrons. The molecule has 5 heteroatoms. The smallest absolute Gasteiger partial charge is 0.191 e. The Labute approximate surface area is 139 Å². The van der Waals surface area contributed by atoms with Gasteiger partial charge in [-0.1, -0.05) is 19.9 Å². The minimum absolute atomic E-state index is 0.596. The largest absolute Gasteiger partial charge is 0.356 e. The van der Waals surface area contributed by atoms with Crippen molar-refractivity contribution in [3.8, 4) is 0 Å².